The highest BCUT2D eigenvalue weighted by Gasteiger charge is 2.31. The van der Waals surface area contributed by atoms with Crippen LogP contribution in [-0.2, 0) is 7.05 Å². The largest absolute Gasteiger partial charge is 0.348 e. The number of thioether (sulfide) groups is 1. The number of anilines is 1. The molecule has 8 nitrogen and oxygen atoms in total. The molecule has 3 heterocycles. The second-order valence-corrected chi connectivity index (χ2v) is 7.07. The van der Waals surface area contributed by atoms with Crippen LogP contribution in [0.3, 0.4) is 0 Å². The highest BCUT2D eigenvalue weighted by molar-refractivity contribution is 8.14. The maximum atomic E-state index is 11.3. The van der Waals surface area contributed by atoms with E-state index in [0.717, 1.165) is 37.9 Å². The van der Waals surface area contributed by atoms with Gasteiger partial charge in [-0.25, -0.2) is 4.68 Å². The minimum absolute atomic E-state index is 0.122. The second-order valence-electron chi connectivity index (χ2n) is 5.66. The smallest absolute Gasteiger partial charge is 0.333 e. The van der Waals surface area contributed by atoms with Gasteiger partial charge in [0, 0.05) is 38.5 Å². The quantitative estimate of drug-likeness (QED) is 0.602. The van der Waals surface area contributed by atoms with E-state index in [0.29, 0.717) is 16.8 Å². The zero-order valence-electron chi connectivity index (χ0n) is 13.0. The number of piperazine rings is 1. The summed E-state index contributed by atoms with van der Waals surface area (Å²) < 4.78 is 1.62. The van der Waals surface area contributed by atoms with Gasteiger partial charge < -0.3 is 9.80 Å². The molecule has 1 aromatic rings. The predicted molar refractivity (Wildman–Crippen MR) is 87.7 cm³/mol. The van der Waals surface area contributed by atoms with E-state index >= 15 is 0 Å². The Morgan fingerprint density at radius 2 is 1.91 bits per heavy atom. The van der Waals surface area contributed by atoms with E-state index in [-0.39, 0.29) is 10.6 Å². The topological polar surface area (TPSA) is 79.8 Å². The minimum Gasteiger partial charge on any atom is -0.348 e. The fraction of sp³-hybridized carbons (Fsp3) is 0.692. The maximum absolute atomic E-state index is 11.3. The molecule has 0 radical (unpaired) electrons. The van der Waals surface area contributed by atoms with Gasteiger partial charge in [-0.3, -0.25) is 15.1 Å². The molecule has 0 bridgehead atoms. The number of hydrogen-bond donors (Lipinski definition) is 0. The summed E-state index contributed by atoms with van der Waals surface area (Å²) in [7, 11) is 1.76. The molecule has 120 valence electrons. The standard InChI is InChI=1S/C13H20N6O2S/c1-9-8-14-13(22-9)18-6-4-17(5-7-18)12-11(19(20)21)10(2)15-16(12)3/h9H,4-8H2,1-3H3/t9-/m0/s1. The Kier molecular flexibility index (Phi) is 3.98. The molecule has 3 rings (SSSR count). The van der Waals surface area contributed by atoms with Crippen molar-refractivity contribution in [2.75, 3.05) is 37.6 Å². The van der Waals surface area contributed by atoms with Crippen molar-refractivity contribution in [1.82, 2.24) is 14.7 Å². The molecule has 0 aliphatic carbocycles. The summed E-state index contributed by atoms with van der Waals surface area (Å²) in [6, 6.07) is 0. The molecule has 0 amide bonds. The van der Waals surface area contributed by atoms with E-state index in [4.69, 9.17) is 0 Å². The van der Waals surface area contributed by atoms with Crippen molar-refractivity contribution in [1.29, 1.82) is 0 Å². The van der Waals surface area contributed by atoms with Crippen LogP contribution in [0.15, 0.2) is 4.99 Å². The van der Waals surface area contributed by atoms with Gasteiger partial charge in [0.1, 0.15) is 5.69 Å². The van der Waals surface area contributed by atoms with Crippen molar-refractivity contribution < 1.29 is 4.92 Å². The highest BCUT2D eigenvalue weighted by Crippen LogP contribution is 2.32. The summed E-state index contributed by atoms with van der Waals surface area (Å²) in [5.41, 5.74) is 0.589. The molecule has 0 spiro atoms. The Balaban J connectivity index is 1.73. The molecule has 1 saturated heterocycles. The van der Waals surface area contributed by atoms with E-state index in [2.05, 4.69) is 26.8 Å². The van der Waals surface area contributed by atoms with Crippen LogP contribution < -0.4 is 4.90 Å². The van der Waals surface area contributed by atoms with Crippen LogP contribution >= 0.6 is 11.8 Å². The predicted octanol–water partition coefficient (Wildman–Crippen LogP) is 1.25. The molecular weight excluding hydrogens is 304 g/mol. The van der Waals surface area contributed by atoms with Gasteiger partial charge in [-0.1, -0.05) is 18.7 Å². The van der Waals surface area contributed by atoms with Crippen LogP contribution in [0.2, 0.25) is 0 Å². The number of hydrogen-bond acceptors (Lipinski definition) is 7. The zero-order valence-corrected chi connectivity index (χ0v) is 13.8. The number of nitro groups is 1. The first-order valence-electron chi connectivity index (χ1n) is 7.36. The fourth-order valence-corrected chi connectivity index (χ4v) is 3.94. The molecule has 1 fully saturated rings. The lowest BCUT2D eigenvalue weighted by Crippen LogP contribution is -2.48. The van der Waals surface area contributed by atoms with E-state index < -0.39 is 0 Å². The van der Waals surface area contributed by atoms with Crippen molar-refractivity contribution in [2.45, 2.75) is 19.1 Å². The summed E-state index contributed by atoms with van der Waals surface area (Å²) >= 11 is 1.82. The van der Waals surface area contributed by atoms with Crippen LogP contribution in [0.1, 0.15) is 12.6 Å². The number of rotatable bonds is 2. The van der Waals surface area contributed by atoms with Gasteiger partial charge >= 0.3 is 5.69 Å². The second kappa shape index (κ2) is 5.79. The van der Waals surface area contributed by atoms with E-state index in [1.165, 1.54) is 0 Å². The van der Waals surface area contributed by atoms with Gasteiger partial charge in [0.15, 0.2) is 5.17 Å². The lowest BCUT2D eigenvalue weighted by atomic mass is 10.3. The zero-order chi connectivity index (χ0) is 15.9. The first-order chi connectivity index (χ1) is 10.5. The molecule has 22 heavy (non-hydrogen) atoms. The lowest BCUT2D eigenvalue weighted by molar-refractivity contribution is -0.384. The number of nitrogens with zero attached hydrogens (tertiary/aromatic N) is 6. The summed E-state index contributed by atoms with van der Waals surface area (Å²) in [4.78, 5) is 19.9. The molecular formula is C13H20N6O2S. The third kappa shape index (κ3) is 2.65. The van der Waals surface area contributed by atoms with Gasteiger partial charge in [-0.2, -0.15) is 5.10 Å². The fourth-order valence-electron chi connectivity index (χ4n) is 2.95. The summed E-state index contributed by atoms with van der Waals surface area (Å²) in [6.45, 7) is 7.90. The average molecular weight is 324 g/mol. The molecule has 1 atom stereocenters. The minimum atomic E-state index is -0.331. The van der Waals surface area contributed by atoms with E-state index in [9.17, 15) is 10.1 Å². The summed E-state index contributed by atoms with van der Waals surface area (Å²) in [6.07, 6.45) is 0. The van der Waals surface area contributed by atoms with Crippen LogP contribution in [0, 0.1) is 17.0 Å². The molecule has 2 aliphatic heterocycles. The van der Waals surface area contributed by atoms with Crippen molar-refractivity contribution in [3.05, 3.63) is 15.8 Å². The molecule has 0 aromatic carbocycles. The SMILES string of the molecule is Cc1nn(C)c(N2CCN(C3=NC[C@H](C)S3)CC2)c1[N+](=O)[O-]. The molecule has 2 aliphatic rings. The normalized spacial score (nSPS) is 22.1. The van der Waals surface area contributed by atoms with Crippen LogP contribution in [-0.4, -0.2) is 62.7 Å². The Labute approximate surface area is 133 Å². The number of aryl methyl sites for hydroxylation is 2. The van der Waals surface area contributed by atoms with Gasteiger partial charge in [0.25, 0.3) is 0 Å². The number of aliphatic imine (C=N–C) groups is 1. The van der Waals surface area contributed by atoms with Crippen LogP contribution in [0.5, 0.6) is 0 Å². The van der Waals surface area contributed by atoms with Gasteiger partial charge in [0.2, 0.25) is 5.82 Å². The highest BCUT2D eigenvalue weighted by atomic mass is 32.2. The van der Waals surface area contributed by atoms with Gasteiger partial charge in [-0.05, 0) is 6.92 Å². The monoisotopic (exact) mass is 324 g/mol. The molecule has 1 aromatic heterocycles. The molecule has 0 saturated carbocycles. The van der Waals surface area contributed by atoms with Gasteiger partial charge in [0.05, 0.1) is 11.5 Å². The van der Waals surface area contributed by atoms with E-state index in [1.807, 2.05) is 11.8 Å². The van der Waals surface area contributed by atoms with Gasteiger partial charge in [-0.15, -0.1) is 0 Å². The average Bonchev–Trinajstić information content (AvgIpc) is 3.02. The van der Waals surface area contributed by atoms with Crippen molar-refractivity contribution in [3.63, 3.8) is 0 Å². The Morgan fingerprint density at radius 3 is 2.45 bits per heavy atom. The molecule has 0 unspecified atom stereocenters. The first-order valence-corrected chi connectivity index (χ1v) is 8.24. The molecule has 0 N–H and O–H groups in total. The number of aromatic nitrogens is 2. The third-order valence-corrected chi connectivity index (χ3v) is 5.13. The van der Waals surface area contributed by atoms with Crippen LogP contribution in [0.25, 0.3) is 0 Å². The third-order valence-electron chi connectivity index (χ3n) is 3.98. The Morgan fingerprint density at radius 1 is 1.27 bits per heavy atom. The van der Waals surface area contributed by atoms with Crippen molar-refractivity contribution >= 4 is 28.4 Å². The summed E-state index contributed by atoms with van der Waals surface area (Å²) in [5.74, 6) is 0.608. The Bertz CT molecular complexity index is 620. The van der Waals surface area contributed by atoms with Crippen molar-refractivity contribution in [2.24, 2.45) is 12.0 Å². The van der Waals surface area contributed by atoms with E-state index in [1.54, 1.807) is 18.7 Å². The maximum Gasteiger partial charge on any atom is 0.333 e. The lowest BCUT2D eigenvalue weighted by Gasteiger charge is -2.36. The number of amidine groups is 1. The van der Waals surface area contributed by atoms with Crippen molar-refractivity contribution in [3.8, 4) is 0 Å². The first kappa shape index (κ1) is 15.1. The Hall–Kier alpha value is -1.77. The summed E-state index contributed by atoms with van der Waals surface area (Å²) in [5, 5.41) is 17.2. The molecule has 9 heteroatoms. The van der Waals surface area contributed by atoms with Crippen LogP contribution in [0.4, 0.5) is 11.5 Å².